The van der Waals surface area contributed by atoms with Crippen LogP contribution < -0.4 is 10.9 Å². The van der Waals surface area contributed by atoms with Crippen LogP contribution in [0.1, 0.15) is 46.1 Å². The summed E-state index contributed by atoms with van der Waals surface area (Å²) < 4.78 is 20.7. The minimum absolute atomic E-state index is 0.0764. The summed E-state index contributed by atoms with van der Waals surface area (Å²) in [5.74, 6) is -1.41. The third kappa shape index (κ3) is 7.13. The van der Waals surface area contributed by atoms with Crippen LogP contribution in [-0.4, -0.2) is 25.2 Å². The van der Waals surface area contributed by atoms with E-state index in [0.29, 0.717) is 21.9 Å². The van der Waals surface area contributed by atoms with E-state index < -0.39 is 11.9 Å². The maximum Gasteiger partial charge on any atom is 0.374 e. The zero-order valence-corrected chi connectivity index (χ0v) is 25.9. The van der Waals surface area contributed by atoms with Crippen LogP contribution in [0, 0.1) is 13.8 Å². The summed E-state index contributed by atoms with van der Waals surface area (Å²) in [5, 5.41) is 0.882. The summed E-state index contributed by atoms with van der Waals surface area (Å²) >= 11 is 0. The van der Waals surface area contributed by atoms with Gasteiger partial charge in [0.15, 0.2) is 10.9 Å². The van der Waals surface area contributed by atoms with Crippen LogP contribution in [0.5, 0.6) is 0 Å². The molecule has 46 heavy (non-hydrogen) atoms. The Kier molecular flexibility index (Phi) is 9.57. The van der Waals surface area contributed by atoms with Crippen molar-refractivity contribution >= 4 is 33.9 Å². The third-order valence-electron chi connectivity index (χ3n) is 7.18. The molecule has 0 saturated carbocycles. The Morgan fingerprint density at radius 2 is 0.870 bits per heavy atom. The van der Waals surface area contributed by atoms with E-state index in [4.69, 9.17) is 18.3 Å². The zero-order chi connectivity index (χ0) is 32.8. The van der Waals surface area contributed by atoms with Crippen LogP contribution in [0.25, 0.3) is 44.2 Å². The minimum Gasteiger partial charge on any atom is -0.460 e. The predicted octanol–water partition coefficient (Wildman–Crippen LogP) is 7.89. The summed E-state index contributed by atoms with van der Waals surface area (Å²) in [6.45, 7) is 7.90. The number of hydrogen-bond donors (Lipinski definition) is 0. The predicted molar refractivity (Wildman–Crippen MR) is 177 cm³/mol. The van der Waals surface area contributed by atoms with E-state index in [1.807, 2.05) is 74.5 Å². The number of hydrogen-bond acceptors (Lipinski definition) is 8. The Hall–Kier alpha value is -5.76. The molecule has 2 heterocycles. The van der Waals surface area contributed by atoms with Crippen LogP contribution in [0.2, 0.25) is 0 Å². The molecule has 0 aliphatic rings. The highest BCUT2D eigenvalue weighted by Gasteiger charge is 2.15. The number of rotatable bonds is 6. The van der Waals surface area contributed by atoms with E-state index in [9.17, 15) is 19.2 Å². The second kappa shape index (κ2) is 13.9. The van der Waals surface area contributed by atoms with Gasteiger partial charge in [-0.15, -0.1) is 0 Å². The molecule has 2 aromatic heterocycles. The van der Waals surface area contributed by atoms with Gasteiger partial charge >= 0.3 is 11.9 Å². The first-order valence-electron chi connectivity index (χ1n) is 14.8. The fourth-order valence-electron chi connectivity index (χ4n) is 4.77. The summed E-state index contributed by atoms with van der Waals surface area (Å²) in [5.41, 5.74) is 6.46. The maximum atomic E-state index is 12.3. The minimum atomic E-state index is -0.630. The van der Waals surface area contributed by atoms with Gasteiger partial charge in [0, 0.05) is 12.1 Å². The summed E-state index contributed by atoms with van der Waals surface area (Å²) in [6, 6.07) is 29.2. The molecule has 0 amide bonds. The van der Waals surface area contributed by atoms with Gasteiger partial charge in [-0.3, -0.25) is 9.59 Å². The first-order valence-corrected chi connectivity index (χ1v) is 14.8. The van der Waals surface area contributed by atoms with Crippen molar-refractivity contribution in [2.24, 2.45) is 0 Å². The molecule has 4 aromatic carbocycles. The Balaban J connectivity index is 0.000000181. The lowest BCUT2D eigenvalue weighted by molar-refractivity contribution is 0.0482. The van der Waals surface area contributed by atoms with E-state index in [-0.39, 0.29) is 35.6 Å². The molecular formula is C38H32O8. The number of ether oxygens (including phenoxy) is 2. The van der Waals surface area contributed by atoms with Gasteiger partial charge in [-0.05, 0) is 74.2 Å². The molecule has 0 radical (unpaired) electrons. The fourth-order valence-corrected chi connectivity index (χ4v) is 4.77. The van der Waals surface area contributed by atoms with Gasteiger partial charge in [0.2, 0.25) is 11.5 Å². The molecule has 8 heteroatoms. The van der Waals surface area contributed by atoms with Crippen molar-refractivity contribution in [1.82, 2.24) is 0 Å². The standard InChI is InChI=1S/2C19H16O4/c2*1-3-22-19(21)18-11-16(20)15-10-14(8-9-17(15)23-18)13-6-4-12(2)5-7-13/h2*4-11H,3H2,1-2H3. The smallest absolute Gasteiger partial charge is 0.374 e. The second-order valence-corrected chi connectivity index (χ2v) is 10.5. The number of esters is 2. The van der Waals surface area contributed by atoms with Crippen molar-refractivity contribution in [3.63, 3.8) is 0 Å². The van der Waals surface area contributed by atoms with Gasteiger partial charge in [0.05, 0.1) is 24.0 Å². The van der Waals surface area contributed by atoms with Crippen molar-refractivity contribution in [3.05, 3.63) is 140 Å². The molecule has 0 aliphatic carbocycles. The fraction of sp³-hybridized carbons (Fsp3) is 0.158. The SMILES string of the molecule is CCOC(=O)c1cc(=O)c2cc(-c3ccc(C)cc3)ccc2o1.CCOC(=O)c1cc(=O)c2cc(-c3ccc(C)cc3)ccc2o1. The first kappa shape index (κ1) is 31.7. The number of fused-ring (bicyclic) bond motifs is 2. The molecule has 0 fully saturated rings. The molecule has 6 rings (SSSR count). The zero-order valence-electron chi connectivity index (χ0n) is 25.9. The molecule has 0 aliphatic heterocycles. The van der Waals surface area contributed by atoms with E-state index >= 15 is 0 Å². The Bertz CT molecular complexity index is 2000. The molecule has 0 atom stereocenters. The maximum absolute atomic E-state index is 12.3. The van der Waals surface area contributed by atoms with Crippen molar-refractivity contribution in [1.29, 1.82) is 0 Å². The summed E-state index contributed by atoms with van der Waals surface area (Å²) in [7, 11) is 0. The molecule has 6 aromatic rings. The number of benzene rings is 4. The summed E-state index contributed by atoms with van der Waals surface area (Å²) in [4.78, 5) is 48.0. The first-order chi connectivity index (χ1) is 22.2. The van der Waals surface area contributed by atoms with Gasteiger partial charge in [-0.2, -0.15) is 0 Å². The Labute approximate surface area is 264 Å². The van der Waals surface area contributed by atoms with E-state index in [1.54, 1.807) is 38.1 Å². The Morgan fingerprint density at radius 1 is 0.522 bits per heavy atom. The number of aryl methyl sites for hydroxylation is 2. The number of carbonyl (C=O) groups is 2. The molecule has 0 spiro atoms. The van der Waals surface area contributed by atoms with Crippen LogP contribution in [0.4, 0.5) is 0 Å². The van der Waals surface area contributed by atoms with Crippen molar-refractivity contribution in [2.75, 3.05) is 13.2 Å². The highest BCUT2D eigenvalue weighted by Crippen LogP contribution is 2.25. The number of carbonyl (C=O) groups excluding carboxylic acids is 2. The quantitative estimate of drug-likeness (QED) is 0.174. The van der Waals surface area contributed by atoms with E-state index in [0.717, 1.165) is 22.3 Å². The lowest BCUT2D eigenvalue weighted by Gasteiger charge is -2.06. The molecule has 0 bridgehead atoms. The van der Waals surface area contributed by atoms with Crippen LogP contribution in [0.3, 0.4) is 0 Å². The van der Waals surface area contributed by atoms with Gasteiger partial charge < -0.3 is 18.3 Å². The topological polar surface area (TPSA) is 113 Å². The van der Waals surface area contributed by atoms with Crippen LogP contribution in [0.15, 0.2) is 115 Å². The monoisotopic (exact) mass is 616 g/mol. The van der Waals surface area contributed by atoms with Crippen LogP contribution >= 0.6 is 0 Å². The average Bonchev–Trinajstić information content (AvgIpc) is 3.06. The largest absolute Gasteiger partial charge is 0.460 e. The van der Waals surface area contributed by atoms with Crippen molar-refractivity contribution in [3.8, 4) is 22.3 Å². The van der Waals surface area contributed by atoms with Gasteiger partial charge in [-0.25, -0.2) is 9.59 Å². The average molecular weight is 617 g/mol. The second-order valence-electron chi connectivity index (χ2n) is 10.5. The third-order valence-corrected chi connectivity index (χ3v) is 7.18. The molecule has 0 saturated heterocycles. The van der Waals surface area contributed by atoms with Gasteiger partial charge in [0.25, 0.3) is 0 Å². The van der Waals surface area contributed by atoms with Crippen molar-refractivity contribution in [2.45, 2.75) is 27.7 Å². The van der Waals surface area contributed by atoms with Gasteiger partial charge in [0.1, 0.15) is 11.2 Å². The highest BCUT2D eigenvalue weighted by atomic mass is 16.5. The van der Waals surface area contributed by atoms with Gasteiger partial charge in [-0.1, -0.05) is 71.8 Å². The van der Waals surface area contributed by atoms with Crippen molar-refractivity contribution < 1.29 is 27.9 Å². The molecule has 0 N–H and O–H groups in total. The highest BCUT2D eigenvalue weighted by molar-refractivity contribution is 5.91. The Morgan fingerprint density at radius 3 is 1.22 bits per heavy atom. The van der Waals surface area contributed by atoms with Crippen LogP contribution in [-0.2, 0) is 9.47 Å². The summed E-state index contributed by atoms with van der Waals surface area (Å²) in [6.07, 6.45) is 0. The van der Waals surface area contributed by atoms with E-state index in [2.05, 4.69) is 0 Å². The molecule has 8 nitrogen and oxygen atoms in total. The lowest BCUT2D eigenvalue weighted by atomic mass is 10.0. The molecule has 232 valence electrons. The molecular weight excluding hydrogens is 584 g/mol. The lowest BCUT2D eigenvalue weighted by Crippen LogP contribution is -2.10. The molecule has 0 unspecified atom stereocenters. The van der Waals surface area contributed by atoms with E-state index in [1.165, 1.54) is 23.3 Å². The normalized spacial score (nSPS) is 10.7.